The highest BCUT2D eigenvalue weighted by atomic mass is 79.9. The molecule has 4 rings (SSSR count). The number of benzene rings is 3. The Morgan fingerprint density at radius 3 is 2.12 bits per heavy atom. The highest BCUT2D eigenvalue weighted by Gasteiger charge is 2.51. The Morgan fingerprint density at radius 2 is 1.59 bits per heavy atom. The summed E-state index contributed by atoms with van der Waals surface area (Å²) in [7, 11) is 0. The van der Waals surface area contributed by atoms with E-state index in [1.54, 1.807) is 24.3 Å². The van der Waals surface area contributed by atoms with Gasteiger partial charge in [0.05, 0.1) is 26.5 Å². The number of allylic oxidation sites excluding steroid dienone is 1. The summed E-state index contributed by atoms with van der Waals surface area (Å²) in [6.45, 7) is -0.349. The van der Waals surface area contributed by atoms with Gasteiger partial charge in [-0.3, -0.25) is 9.59 Å². The molecule has 3 aromatic carbocycles. The van der Waals surface area contributed by atoms with Crippen LogP contribution in [0.5, 0.6) is 0 Å². The van der Waals surface area contributed by atoms with Gasteiger partial charge >= 0.3 is 6.18 Å². The van der Waals surface area contributed by atoms with Crippen LogP contribution in [0, 0.1) is 0 Å². The number of halogens is 8. The first kappa shape index (κ1) is 31.3. The van der Waals surface area contributed by atoms with Crippen LogP contribution in [0.4, 0.5) is 17.6 Å². The van der Waals surface area contributed by atoms with E-state index in [4.69, 9.17) is 34.8 Å². The predicted molar refractivity (Wildman–Crippen MR) is 156 cm³/mol. The van der Waals surface area contributed by atoms with Crippen LogP contribution in [0.15, 0.2) is 65.1 Å². The van der Waals surface area contributed by atoms with Gasteiger partial charge in [0.2, 0.25) is 5.91 Å². The highest BCUT2D eigenvalue weighted by Crippen LogP contribution is 2.41. The third kappa shape index (κ3) is 7.63. The van der Waals surface area contributed by atoms with Crippen LogP contribution in [0.1, 0.15) is 51.4 Å². The average Bonchev–Trinajstić information content (AvgIpc) is 3.70. The van der Waals surface area contributed by atoms with Crippen LogP contribution in [-0.2, 0) is 18.0 Å². The summed E-state index contributed by atoms with van der Waals surface area (Å²) in [4.78, 5) is 25.8. The van der Waals surface area contributed by atoms with E-state index in [-0.39, 0.29) is 38.6 Å². The minimum atomic E-state index is -4.63. The molecular formula is C29H22BrCl3F4N2O2. The van der Waals surface area contributed by atoms with Gasteiger partial charge in [0, 0.05) is 11.0 Å². The Hall–Kier alpha value is -2.59. The Kier molecular flexibility index (Phi) is 9.74. The van der Waals surface area contributed by atoms with Crippen molar-refractivity contribution in [2.75, 3.05) is 0 Å². The fraction of sp³-hybridized carbons (Fsp3) is 0.241. The molecule has 1 aliphatic carbocycles. The van der Waals surface area contributed by atoms with Crippen molar-refractivity contribution >= 4 is 68.6 Å². The third-order valence-electron chi connectivity index (χ3n) is 6.60. The van der Waals surface area contributed by atoms with Gasteiger partial charge in [-0.25, -0.2) is 4.39 Å². The van der Waals surface area contributed by atoms with Crippen LogP contribution in [0.3, 0.4) is 0 Å². The van der Waals surface area contributed by atoms with E-state index >= 15 is 0 Å². The molecule has 216 valence electrons. The van der Waals surface area contributed by atoms with Gasteiger partial charge in [-0.15, -0.1) is 0 Å². The molecule has 4 nitrogen and oxygen atoms in total. The van der Waals surface area contributed by atoms with Crippen LogP contribution in [-0.4, -0.2) is 23.5 Å². The predicted octanol–water partition coefficient (Wildman–Crippen LogP) is 8.82. The van der Waals surface area contributed by atoms with E-state index < -0.39 is 30.2 Å². The summed E-state index contributed by atoms with van der Waals surface area (Å²) in [5.41, 5.74) is 0.717. The first-order chi connectivity index (χ1) is 19.3. The Morgan fingerprint density at radius 1 is 0.976 bits per heavy atom. The molecule has 0 bridgehead atoms. The van der Waals surface area contributed by atoms with E-state index in [9.17, 15) is 27.2 Å². The molecule has 1 atom stereocenters. The number of amides is 2. The molecule has 1 saturated carbocycles. The minimum absolute atomic E-state index is 0.0327. The lowest BCUT2D eigenvalue weighted by atomic mass is 9.97. The number of alkyl halides is 4. The molecular weight excluding hydrogens is 671 g/mol. The Labute approximate surface area is 257 Å². The summed E-state index contributed by atoms with van der Waals surface area (Å²) >= 11 is 21.1. The Bertz CT molecular complexity index is 1470. The monoisotopic (exact) mass is 690 g/mol. The largest absolute Gasteiger partial charge is 0.399 e. The molecule has 3 aromatic rings. The number of carbonyl (C=O) groups is 2. The smallest absolute Gasteiger partial charge is 0.350 e. The van der Waals surface area contributed by atoms with Crippen LogP contribution in [0.25, 0.3) is 6.08 Å². The Balaban J connectivity index is 1.43. The topological polar surface area (TPSA) is 58.2 Å². The van der Waals surface area contributed by atoms with Gasteiger partial charge in [-0.2, -0.15) is 13.2 Å². The second-order valence-electron chi connectivity index (χ2n) is 9.59. The van der Waals surface area contributed by atoms with Gasteiger partial charge in [-0.1, -0.05) is 77.3 Å². The quantitative estimate of drug-likeness (QED) is 0.174. The highest BCUT2D eigenvalue weighted by molar-refractivity contribution is 9.10. The maximum absolute atomic E-state index is 13.9. The average molecular weight is 693 g/mol. The molecule has 0 saturated heterocycles. The van der Waals surface area contributed by atoms with E-state index in [2.05, 4.69) is 26.6 Å². The zero-order valence-electron chi connectivity index (χ0n) is 21.1. The summed E-state index contributed by atoms with van der Waals surface area (Å²) in [6, 6.07) is 13.4. The fourth-order valence-corrected chi connectivity index (χ4v) is 5.30. The second kappa shape index (κ2) is 12.7. The zero-order chi connectivity index (χ0) is 29.9. The summed E-state index contributed by atoms with van der Waals surface area (Å²) < 4.78 is 54.6. The summed E-state index contributed by atoms with van der Waals surface area (Å²) in [5, 5.41) is 5.35. The van der Waals surface area contributed by atoms with Crippen molar-refractivity contribution in [3.8, 4) is 0 Å². The van der Waals surface area contributed by atoms with Crippen LogP contribution < -0.4 is 10.6 Å². The molecule has 41 heavy (non-hydrogen) atoms. The molecule has 2 amide bonds. The van der Waals surface area contributed by atoms with Crippen molar-refractivity contribution in [2.45, 2.75) is 43.7 Å². The van der Waals surface area contributed by atoms with Crippen LogP contribution in [0.2, 0.25) is 15.1 Å². The lowest BCUT2D eigenvalue weighted by Crippen LogP contribution is -2.48. The van der Waals surface area contributed by atoms with Gasteiger partial charge in [-0.05, 0) is 75.3 Å². The van der Waals surface area contributed by atoms with E-state index in [1.807, 2.05) is 0 Å². The third-order valence-corrected chi connectivity index (χ3v) is 8.46. The lowest BCUT2D eigenvalue weighted by Gasteiger charge is -2.19. The first-order valence-electron chi connectivity index (χ1n) is 12.3. The van der Waals surface area contributed by atoms with Crippen molar-refractivity contribution in [2.24, 2.45) is 0 Å². The number of nitrogens with one attached hydrogen (secondary N) is 2. The first-order valence-corrected chi connectivity index (χ1v) is 14.2. The molecule has 2 N–H and O–H groups in total. The van der Waals surface area contributed by atoms with Gasteiger partial charge < -0.3 is 10.6 Å². The molecule has 0 spiro atoms. The fourth-order valence-electron chi connectivity index (χ4n) is 4.11. The molecule has 0 aliphatic heterocycles. The zero-order valence-corrected chi connectivity index (χ0v) is 25.0. The molecule has 12 heteroatoms. The van der Waals surface area contributed by atoms with Crippen molar-refractivity contribution in [3.63, 3.8) is 0 Å². The summed E-state index contributed by atoms with van der Waals surface area (Å²) in [6.07, 6.45) is -1.48. The maximum atomic E-state index is 13.9. The normalized spacial score (nSPS) is 15.0. The molecule has 1 fully saturated rings. The minimum Gasteiger partial charge on any atom is -0.350 e. The van der Waals surface area contributed by atoms with Crippen molar-refractivity contribution in [3.05, 3.63) is 108 Å². The number of hydrogen-bond acceptors (Lipinski definition) is 2. The standard InChI is InChI=1S/C29H22BrCl3F4N2O2/c30-22-11-16(6-8-21(29(35,36)37)19-12-23(31)25(33)24(32)13-19)5-7-20(22)26(40)39-28(9-10-28)27(41)38-15-18-3-1-17(14-34)2-4-18/h1-8,11-13,21H,9-10,14-15H2,(H,38,41)(H,39,40)/b8-6+. The maximum Gasteiger partial charge on any atom is 0.399 e. The lowest BCUT2D eigenvalue weighted by molar-refractivity contribution is -0.139. The van der Waals surface area contributed by atoms with E-state index in [1.165, 1.54) is 24.3 Å². The molecule has 0 radical (unpaired) electrons. The second-order valence-corrected chi connectivity index (χ2v) is 11.6. The van der Waals surface area contributed by atoms with Gasteiger partial charge in [0.25, 0.3) is 5.91 Å². The van der Waals surface area contributed by atoms with Gasteiger partial charge in [0.15, 0.2) is 0 Å². The number of carbonyl (C=O) groups excluding carboxylic acids is 2. The molecule has 1 unspecified atom stereocenters. The summed E-state index contributed by atoms with van der Waals surface area (Å²) in [5.74, 6) is -2.85. The van der Waals surface area contributed by atoms with Crippen molar-refractivity contribution in [1.29, 1.82) is 0 Å². The molecule has 1 aliphatic rings. The molecule has 0 heterocycles. The van der Waals surface area contributed by atoms with Crippen LogP contribution >= 0.6 is 50.7 Å². The van der Waals surface area contributed by atoms with E-state index in [0.717, 1.165) is 23.8 Å². The number of rotatable bonds is 9. The van der Waals surface area contributed by atoms with Crippen molar-refractivity contribution < 1.29 is 27.2 Å². The molecule has 0 aromatic heterocycles. The van der Waals surface area contributed by atoms with Gasteiger partial charge in [0.1, 0.15) is 12.2 Å². The number of hydrogen-bond donors (Lipinski definition) is 2. The van der Waals surface area contributed by atoms with Crippen molar-refractivity contribution in [1.82, 2.24) is 10.6 Å². The SMILES string of the molecule is O=C(NC1(C(=O)NCc2ccc(CF)cc2)CC1)c1ccc(/C=C/C(c2cc(Cl)c(Cl)c(Cl)c2)C(F)(F)F)cc1Br. The van der Waals surface area contributed by atoms with E-state index in [0.29, 0.717) is 28.4 Å².